The maximum atomic E-state index is 9.78. The van der Waals surface area contributed by atoms with Gasteiger partial charge in [-0.2, -0.15) is 0 Å². The van der Waals surface area contributed by atoms with Gasteiger partial charge >= 0.3 is 0 Å². The van der Waals surface area contributed by atoms with Gasteiger partial charge in [-0.1, -0.05) is 27.4 Å². The average molecular weight is 224 g/mol. The van der Waals surface area contributed by atoms with Crippen LogP contribution in [0.4, 0.5) is 0 Å². The molecule has 0 heterocycles. The van der Waals surface area contributed by atoms with Gasteiger partial charge in [0.15, 0.2) is 6.29 Å². The highest BCUT2D eigenvalue weighted by molar-refractivity contribution is 5.11. The van der Waals surface area contributed by atoms with E-state index in [-0.39, 0.29) is 11.5 Å². The van der Waals surface area contributed by atoms with E-state index in [1.807, 2.05) is 6.92 Å². The highest BCUT2D eigenvalue weighted by atomic mass is 16.6. The maximum absolute atomic E-state index is 9.78. The summed E-state index contributed by atoms with van der Waals surface area (Å²) in [5.41, 5.74) is 1.25. The van der Waals surface area contributed by atoms with Crippen molar-refractivity contribution in [2.45, 2.75) is 59.4 Å². The Balaban J connectivity index is 2.13. The van der Waals surface area contributed by atoms with E-state index in [0.29, 0.717) is 11.0 Å². The minimum absolute atomic E-state index is 0.188. The quantitative estimate of drug-likeness (QED) is 0.589. The summed E-state index contributed by atoms with van der Waals surface area (Å²) in [7, 11) is 0. The molecule has 0 amide bonds. The van der Waals surface area contributed by atoms with Crippen LogP contribution in [-0.2, 0) is 4.74 Å². The van der Waals surface area contributed by atoms with Crippen molar-refractivity contribution in [2.75, 3.05) is 0 Å². The fourth-order valence-corrected chi connectivity index (χ4v) is 3.61. The van der Waals surface area contributed by atoms with Crippen LogP contribution in [0.15, 0.2) is 12.2 Å². The third kappa shape index (κ3) is 1.46. The predicted octanol–water partition coefficient (Wildman–Crippen LogP) is 3.11. The van der Waals surface area contributed by atoms with Gasteiger partial charge in [-0.25, -0.2) is 0 Å². The van der Waals surface area contributed by atoms with Crippen molar-refractivity contribution < 1.29 is 9.84 Å². The first kappa shape index (κ1) is 12.1. The molecular formula is C14H24O2. The first-order chi connectivity index (χ1) is 7.29. The van der Waals surface area contributed by atoms with Gasteiger partial charge in [0.1, 0.15) is 0 Å². The normalized spacial score (nSPS) is 42.3. The summed E-state index contributed by atoms with van der Waals surface area (Å²) in [4.78, 5) is 0. The smallest absolute Gasteiger partial charge is 0.176 e. The second kappa shape index (κ2) is 3.58. The van der Waals surface area contributed by atoms with E-state index >= 15 is 0 Å². The summed E-state index contributed by atoms with van der Waals surface area (Å²) in [5, 5.41) is 9.78. The third-order valence-corrected chi connectivity index (χ3v) is 5.43. The molecule has 2 heteroatoms. The summed E-state index contributed by atoms with van der Waals surface area (Å²) in [6.45, 7) is 12.6. The zero-order chi connectivity index (χ0) is 12.1. The Morgan fingerprint density at radius 1 is 1.44 bits per heavy atom. The fourth-order valence-electron chi connectivity index (χ4n) is 3.61. The van der Waals surface area contributed by atoms with Gasteiger partial charge in [-0.3, -0.25) is 0 Å². The van der Waals surface area contributed by atoms with E-state index in [2.05, 4.69) is 27.4 Å². The third-order valence-electron chi connectivity index (χ3n) is 5.43. The first-order valence-electron chi connectivity index (χ1n) is 6.28. The second-order valence-electron chi connectivity index (χ2n) is 6.43. The lowest BCUT2D eigenvalue weighted by molar-refractivity contribution is -0.153. The summed E-state index contributed by atoms with van der Waals surface area (Å²) < 4.78 is 5.80. The monoisotopic (exact) mass is 224 g/mol. The van der Waals surface area contributed by atoms with Gasteiger partial charge in [0.2, 0.25) is 0 Å². The molecule has 2 aliphatic carbocycles. The maximum Gasteiger partial charge on any atom is 0.176 e. The minimum atomic E-state index is -0.794. The molecule has 2 rings (SSSR count). The van der Waals surface area contributed by atoms with E-state index in [9.17, 15) is 5.11 Å². The zero-order valence-corrected chi connectivity index (χ0v) is 10.9. The molecule has 0 aromatic rings. The molecule has 2 fully saturated rings. The van der Waals surface area contributed by atoms with Crippen LogP contribution in [0.25, 0.3) is 0 Å². The molecular weight excluding hydrogens is 200 g/mol. The molecule has 2 nitrogen and oxygen atoms in total. The SMILES string of the molecule is C=C(C)C(O)OC1CC2CCC1(C)C2(C)C. The zero-order valence-electron chi connectivity index (χ0n) is 10.9. The van der Waals surface area contributed by atoms with Crippen LogP contribution in [0.5, 0.6) is 0 Å². The standard InChI is InChI=1S/C14H24O2/c1-9(2)12(15)16-11-8-10-6-7-14(11,5)13(10,3)4/h10-12,15H,1,6-8H2,2-5H3. The van der Waals surface area contributed by atoms with Crippen LogP contribution in [-0.4, -0.2) is 17.5 Å². The predicted molar refractivity (Wildman–Crippen MR) is 64.9 cm³/mol. The first-order valence-corrected chi connectivity index (χ1v) is 6.28. The van der Waals surface area contributed by atoms with Crippen molar-refractivity contribution in [3.05, 3.63) is 12.2 Å². The number of aliphatic hydroxyl groups is 1. The van der Waals surface area contributed by atoms with E-state index in [1.54, 1.807) is 0 Å². The Morgan fingerprint density at radius 2 is 2.06 bits per heavy atom. The lowest BCUT2D eigenvalue weighted by Crippen LogP contribution is -2.39. The van der Waals surface area contributed by atoms with Crippen molar-refractivity contribution in [1.82, 2.24) is 0 Å². The highest BCUT2D eigenvalue weighted by Gasteiger charge is 2.62. The van der Waals surface area contributed by atoms with E-state index in [4.69, 9.17) is 4.74 Å². The van der Waals surface area contributed by atoms with Crippen LogP contribution in [0.2, 0.25) is 0 Å². The summed E-state index contributed by atoms with van der Waals surface area (Å²) in [6.07, 6.45) is 3.02. The lowest BCUT2D eigenvalue weighted by atomic mass is 9.70. The molecule has 0 aromatic heterocycles. The summed E-state index contributed by atoms with van der Waals surface area (Å²) in [5.74, 6) is 0.750. The molecule has 0 radical (unpaired) electrons. The van der Waals surface area contributed by atoms with Crippen molar-refractivity contribution in [3.8, 4) is 0 Å². The van der Waals surface area contributed by atoms with Crippen LogP contribution in [0, 0.1) is 16.7 Å². The fraction of sp³-hybridized carbons (Fsp3) is 0.857. The van der Waals surface area contributed by atoms with Crippen molar-refractivity contribution in [1.29, 1.82) is 0 Å². The molecule has 4 unspecified atom stereocenters. The number of aliphatic hydroxyl groups excluding tert-OH is 1. The van der Waals surface area contributed by atoms with E-state index < -0.39 is 6.29 Å². The van der Waals surface area contributed by atoms with E-state index in [0.717, 1.165) is 12.3 Å². The molecule has 2 aliphatic rings. The Kier molecular flexibility index (Phi) is 2.71. The molecule has 0 saturated heterocycles. The number of fused-ring (bicyclic) bond motifs is 2. The summed E-state index contributed by atoms with van der Waals surface area (Å²) in [6, 6.07) is 0. The van der Waals surface area contributed by atoms with Gasteiger partial charge in [0, 0.05) is 0 Å². The van der Waals surface area contributed by atoms with Crippen LogP contribution in [0.1, 0.15) is 47.0 Å². The Bertz CT molecular complexity index is 308. The van der Waals surface area contributed by atoms with Crippen LogP contribution in [0.3, 0.4) is 0 Å². The largest absolute Gasteiger partial charge is 0.364 e. The summed E-state index contributed by atoms with van der Waals surface area (Å²) >= 11 is 0. The Hall–Kier alpha value is -0.340. The van der Waals surface area contributed by atoms with Crippen molar-refractivity contribution >= 4 is 0 Å². The van der Waals surface area contributed by atoms with Gasteiger partial charge in [-0.15, -0.1) is 0 Å². The molecule has 4 atom stereocenters. The Labute approximate surface area is 98.7 Å². The Morgan fingerprint density at radius 3 is 2.44 bits per heavy atom. The van der Waals surface area contributed by atoms with Crippen molar-refractivity contribution in [2.24, 2.45) is 16.7 Å². The lowest BCUT2D eigenvalue weighted by Gasteiger charge is -2.39. The van der Waals surface area contributed by atoms with Crippen LogP contribution < -0.4 is 0 Å². The topological polar surface area (TPSA) is 29.5 Å². The van der Waals surface area contributed by atoms with Crippen LogP contribution >= 0.6 is 0 Å². The molecule has 1 N–H and O–H groups in total. The molecule has 0 aliphatic heterocycles. The molecule has 92 valence electrons. The number of hydrogen-bond acceptors (Lipinski definition) is 2. The van der Waals surface area contributed by atoms with Gasteiger partial charge < -0.3 is 9.84 Å². The molecule has 16 heavy (non-hydrogen) atoms. The molecule has 2 saturated carbocycles. The van der Waals surface area contributed by atoms with Gasteiger partial charge in [-0.05, 0) is 48.5 Å². The minimum Gasteiger partial charge on any atom is -0.364 e. The number of hydrogen-bond donors (Lipinski definition) is 1. The molecule has 2 bridgehead atoms. The molecule has 0 aromatic carbocycles. The van der Waals surface area contributed by atoms with Gasteiger partial charge in [0.25, 0.3) is 0 Å². The van der Waals surface area contributed by atoms with Crippen molar-refractivity contribution in [3.63, 3.8) is 0 Å². The van der Waals surface area contributed by atoms with Gasteiger partial charge in [0.05, 0.1) is 6.10 Å². The highest BCUT2D eigenvalue weighted by Crippen LogP contribution is 2.66. The average Bonchev–Trinajstić information content (AvgIpc) is 2.50. The van der Waals surface area contributed by atoms with E-state index in [1.165, 1.54) is 12.8 Å². The second-order valence-corrected chi connectivity index (χ2v) is 6.43. The number of rotatable bonds is 3. The number of ether oxygens (including phenoxy) is 1. The molecule has 0 spiro atoms.